The van der Waals surface area contributed by atoms with Crippen LogP contribution in [0, 0.1) is 11.3 Å². The summed E-state index contributed by atoms with van der Waals surface area (Å²) in [4.78, 5) is 21.2. The average Bonchev–Trinajstić information content (AvgIpc) is 2.26. The first-order chi connectivity index (χ1) is 8.01. The van der Waals surface area contributed by atoms with Crippen molar-refractivity contribution in [3.63, 3.8) is 0 Å². The number of carbonyl (C=O) groups is 2. The summed E-state index contributed by atoms with van der Waals surface area (Å²) in [5.41, 5.74) is 2.13. The number of allylic oxidation sites excluding steroid dienone is 3. The third-order valence-electron chi connectivity index (χ3n) is 3.84. The highest BCUT2D eigenvalue weighted by molar-refractivity contribution is 5.78. The largest absolute Gasteiger partial charge is 0.303 e. The quantitative estimate of drug-likeness (QED) is 0.414. The lowest BCUT2D eigenvalue weighted by Gasteiger charge is -2.40. The molecule has 2 nitrogen and oxygen atoms in total. The zero-order valence-electron chi connectivity index (χ0n) is 10.9. The van der Waals surface area contributed by atoms with Gasteiger partial charge in [-0.15, -0.1) is 0 Å². The molecule has 0 heterocycles. The van der Waals surface area contributed by atoms with E-state index in [-0.39, 0.29) is 11.8 Å². The number of rotatable bonds is 5. The summed E-state index contributed by atoms with van der Waals surface area (Å²) < 4.78 is 0. The fourth-order valence-electron chi connectivity index (χ4n) is 2.70. The minimum absolute atomic E-state index is 0.225. The molecule has 0 bridgehead atoms. The Balaban J connectivity index is 2.73. The predicted octanol–water partition coefficient (Wildman–Crippen LogP) is 3.47. The lowest BCUT2D eigenvalue weighted by atomic mass is 9.65. The number of hydrogen-bond acceptors (Lipinski definition) is 2. The van der Waals surface area contributed by atoms with Crippen LogP contribution in [0.3, 0.4) is 0 Å². The van der Waals surface area contributed by atoms with Crippen LogP contribution in [0.5, 0.6) is 0 Å². The van der Waals surface area contributed by atoms with E-state index in [9.17, 15) is 9.59 Å². The summed E-state index contributed by atoms with van der Waals surface area (Å²) in [5.74, 6) is 0.429. The molecule has 1 fully saturated rings. The monoisotopic (exact) mass is 234 g/mol. The number of hydrogen-bond donors (Lipinski definition) is 0. The molecule has 1 aliphatic rings. The Morgan fingerprint density at radius 1 is 1.47 bits per heavy atom. The molecule has 0 spiro atoms. The fourth-order valence-corrected chi connectivity index (χ4v) is 2.70. The van der Waals surface area contributed by atoms with E-state index in [2.05, 4.69) is 20.4 Å². The average molecular weight is 234 g/mol. The first kappa shape index (κ1) is 13.9. The van der Waals surface area contributed by atoms with E-state index in [0.717, 1.165) is 25.4 Å². The van der Waals surface area contributed by atoms with Crippen LogP contribution in [0.2, 0.25) is 0 Å². The Morgan fingerprint density at radius 2 is 2.18 bits per heavy atom. The second-order valence-corrected chi connectivity index (χ2v) is 5.56. The highest BCUT2D eigenvalue weighted by Crippen LogP contribution is 2.45. The predicted molar refractivity (Wildman–Crippen MR) is 69.7 cm³/mol. The van der Waals surface area contributed by atoms with Crippen LogP contribution in [0.4, 0.5) is 0 Å². The lowest BCUT2D eigenvalue weighted by Crippen LogP contribution is -2.29. The first-order valence-corrected chi connectivity index (χ1v) is 6.27. The number of carbonyl (C=O) groups excluding carboxylic acids is 2. The summed E-state index contributed by atoms with van der Waals surface area (Å²) in [5, 5.41) is 0. The molecule has 94 valence electrons. The van der Waals surface area contributed by atoms with Crippen LogP contribution in [0.25, 0.3) is 0 Å². The Kier molecular flexibility index (Phi) is 4.86. The van der Waals surface area contributed by atoms with Crippen molar-refractivity contribution in [1.29, 1.82) is 0 Å². The topological polar surface area (TPSA) is 34.1 Å². The second kappa shape index (κ2) is 5.95. The third-order valence-corrected chi connectivity index (χ3v) is 3.84. The molecule has 0 radical (unpaired) electrons. The molecular weight excluding hydrogens is 212 g/mol. The molecule has 17 heavy (non-hydrogen) atoms. The summed E-state index contributed by atoms with van der Waals surface area (Å²) in [6.07, 6.45) is 8.02. The van der Waals surface area contributed by atoms with Crippen molar-refractivity contribution >= 4 is 12.6 Å². The van der Waals surface area contributed by atoms with Crippen LogP contribution in [0.15, 0.2) is 23.8 Å². The van der Waals surface area contributed by atoms with Gasteiger partial charge in [0.05, 0.1) is 0 Å². The van der Waals surface area contributed by atoms with Crippen molar-refractivity contribution in [2.45, 2.75) is 46.0 Å². The van der Waals surface area contributed by atoms with Gasteiger partial charge in [-0.3, -0.25) is 4.79 Å². The molecule has 1 unspecified atom stereocenters. The van der Waals surface area contributed by atoms with Crippen molar-refractivity contribution in [1.82, 2.24) is 0 Å². The summed E-state index contributed by atoms with van der Waals surface area (Å²) >= 11 is 0. The van der Waals surface area contributed by atoms with E-state index >= 15 is 0 Å². The minimum Gasteiger partial charge on any atom is -0.303 e. The van der Waals surface area contributed by atoms with Crippen LogP contribution in [-0.4, -0.2) is 12.6 Å². The van der Waals surface area contributed by atoms with Crippen LogP contribution < -0.4 is 0 Å². The van der Waals surface area contributed by atoms with Gasteiger partial charge in [-0.1, -0.05) is 32.1 Å². The maximum atomic E-state index is 10.8. The van der Waals surface area contributed by atoms with Gasteiger partial charge in [0.25, 0.3) is 0 Å². The summed E-state index contributed by atoms with van der Waals surface area (Å²) in [6.45, 7) is 8.67. The van der Waals surface area contributed by atoms with E-state index in [4.69, 9.17) is 0 Å². The van der Waals surface area contributed by atoms with Gasteiger partial charge in [0.15, 0.2) is 0 Å². The van der Waals surface area contributed by atoms with E-state index in [1.807, 2.05) is 6.08 Å². The highest BCUT2D eigenvalue weighted by atomic mass is 16.1. The Bertz CT molecular complexity index is 337. The molecule has 0 aliphatic heterocycles. The van der Waals surface area contributed by atoms with Crippen molar-refractivity contribution in [2.24, 2.45) is 11.3 Å². The van der Waals surface area contributed by atoms with Gasteiger partial charge >= 0.3 is 0 Å². The zero-order chi connectivity index (χ0) is 12.9. The van der Waals surface area contributed by atoms with Crippen molar-refractivity contribution in [3.8, 4) is 0 Å². The summed E-state index contributed by atoms with van der Waals surface area (Å²) in [6, 6.07) is 0. The molecule has 1 saturated carbocycles. The minimum atomic E-state index is 0.225. The Labute approximate surface area is 104 Å². The molecule has 0 aromatic carbocycles. The standard InChI is InChI=1S/C15H22O2/c1-12-5-4-9-15(2,3)14(12)7-6-13(11-17)8-10-16/h6,10-11,14H,1,4-5,7-9H2,2-3H3/b13-6-. The molecule has 0 amide bonds. The van der Waals surface area contributed by atoms with Crippen molar-refractivity contribution in [3.05, 3.63) is 23.8 Å². The molecule has 0 saturated heterocycles. The maximum absolute atomic E-state index is 10.8. The van der Waals surface area contributed by atoms with Crippen molar-refractivity contribution < 1.29 is 9.59 Å². The van der Waals surface area contributed by atoms with Crippen LogP contribution in [0.1, 0.15) is 46.0 Å². The molecule has 0 aromatic heterocycles. The highest BCUT2D eigenvalue weighted by Gasteiger charge is 2.33. The van der Waals surface area contributed by atoms with Gasteiger partial charge in [-0.2, -0.15) is 0 Å². The van der Waals surface area contributed by atoms with Crippen molar-refractivity contribution in [2.75, 3.05) is 0 Å². The SMILES string of the molecule is C=C1CCCC(C)(C)C1C/C=C(\C=O)CC=O. The van der Waals surface area contributed by atoms with E-state index < -0.39 is 0 Å². The van der Waals surface area contributed by atoms with Crippen LogP contribution in [-0.2, 0) is 9.59 Å². The summed E-state index contributed by atoms with van der Waals surface area (Å²) in [7, 11) is 0. The van der Waals surface area contributed by atoms with Gasteiger partial charge in [0.2, 0.25) is 0 Å². The first-order valence-electron chi connectivity index (χ1n) is 6.27. The van der Waals surface area contributed by atoms with Gasteiger partial charge in [-0.25, -0.2) is 0 Å². The smallest absolute Gasteiger partial charge is 0.146 e. The second-order valence-electron chi connectivity index (χ2n) is 5.56. The molecule has 0 aromatic rings. The molecule has 2 heteroatoms. The maximum Gasteiger partial charge on any atom is 0.146 e. The normalized spacial score (nSPS) is 24.5. The lowest BCUT2D eigenvalue weighted by molar-refractivity contribution is -0.109. The van der Waals surface area contributed by atoms with E-state index in [0.29, 0.717) is 11.5 Å². The molecule has 0 N–H and O–H groups in total. The zero-order valence-corrected chi connectivity index (χ0v) is 10.9. The Hall–Kier alpha value is -1.18. The molecule has 1 aliphatic carbocycles. The van der Waals surface area contributed by atoms with Gasteiger partial charge in [-0.05, 0) is 42.6 Å². The molecule has 1 rings (SSSR count). The fraction of sp³-hybridized carbons (Fsp3) is 0.600. The van der Waals surface area contributed by atoms with E-state index in [1.54, 1.807) is 0 Å². The molecular formula is C15H22O2. The van der Waals surface area contributed by atoms with Gasteiger partial charge in [0.1, 0.15) is 12.6 Å². The third kappa shape index (κ3) is 3.65. The Morgan fingerprint density at radius 3 is 2.71 bits per heavy atom. The van der Waals surface area contributed by atoms with Gasteiger partial charge in [0, 0.05) is 6.42 Å². The van der Waals surface area contributed by atoms with Crippen LogP contribution >= 0.6 is 0 Å². The van der Waals surface area contributed by atoms with Gasteiger partial charge < -0.3 is 4.79 Å². The number of aldehydes is 2. The van der Waals surface area contributed by atoms with E-state index in [1.165, 1.54) is 18.4 Å². The molecule has 1 atom stereocenters.